The summed E-state index contributed by atoms with van der Waals surface area (Å²) >= 11 is 0. The summed E-state index contributed by atoms with van der Waals surface area (Å²) in [5.74, 6) is 0. The van der Waals surface area contributed by atoms with Crippen molar-refractivity contribution in [2.24, 2.45) is 0 Å². The van der Waals surface area contributed by atoms with Gasteiger partial charge < -0.3 is 25.9 Å². The second-order valence-electron chi connectivity index (χ2n) is 0.434. The molecular weight excluding hydrogens is 184 g/mol. The maximum absolute atomic E-state index is 8.56. The van der Waals surface area contributed by atoms with E-state index in [-0.39, 0.29) is 23.1 Å². The molecule has 0 atom stereocenters. The molecule has 0 aliphatic heterocycles. The van der Waals surface area contributed by atoms with Crippen molar-refractivity contribution in [1.82, 2.24) is 0 Å². The monoisotopic (exact) mass is 186 g/mol. The van der Waals surface area contributed by atoms with Crippen molar-refractivity contribution in [3.63, 3.8) is 0 Å². The molecule has 9 heteroatoms. The van der Waals surface area contributed by atoms with Gasteiger partial charge in [0, 0.05) is 22.0 Å². The van der Waals surface area contributed by atoms with Gasteiger partial charge in [0.2, 0.25) is 0 Å². The molecule has 0 aromatic carbocycles. The van der Waals surface area contributed by atoms with Crippen molar-refractivity contribution in [1.29, 1.82) is 0 Å². The van der Waals surface area contributed by atoms with Gasteiger partial charge in [0.15, 0.2) is 0 Å². The van der Waals surface area contributed by atoms with Crippen LogP contribution in [-0.4, -0.2) is 32.2 Å². The van der Waals surface area contributed by atoms with Crippen LogP contribution < -0.4 is 0 Å². The smallest absolute Gasteiger partial charge is 0.439 e. The molecule has 0 radical (unpaired) electrons. The molecule has 0 bridgehead atoms. The van der Waals surface area contributed by atoms with E-state index in [0.717, 1.165) is 0 Å². The van der Waals surface area contributed by atoms with Crippen LogP contribution in [0.5, 0.6) is 0 Å². The van der Waals surface area contributed by atoms with Crippen LogP contribution in [0.15, 0.2) is 0 Å². The van der Waals surface area contributed by atoms with Gasteiger partial charge in [0.05, 0.1) is 0 Å². The summed E-state index contributed by atoms with van der Waals surface area (Å²) in [7, 11) is -5.72. The third-order valence-corrected chi connectivity index (χ3v) is 0. The largest absolute Gasteiger partial charge is 2.00 e. The summed E-state index contributed by atoms with van der Waals surface area (Å²) in [5.41, 5.74) is 0. The zero-order valence-electron chi connectivity index (χ0n) is 4.05. The van der Waals surface area contributed by atoms with E-state index < -0.39 is 22.0 Å². The average molecular weight is 186 g/mol. The summed E-state index contributed by atoms with van der Waals surface area (Å²) in [6.07, 6.45) is 0. The minimum Gasteiger partial charge on any atom is -0.439 e. The molecule has 0 saturated carbocycles. The van der Waals surface area contributed by atoms with E-state index in [1.54, 1.807) is 0 Å². The van der Waals surface area contributed by atoms with Gasteiger partial charge in [-0.05, 0) is 0 Å². The van der Waals surface area contributed by atoms with Crippen LogP contribution in [-0.2, 0) is 38.8 Å². The van der Waals surface area contributed by atoms with Crippen LogP contribution in [0.3, 0.4) is 0 Å². The Hall–Kier alpha value is 0.586. The van der Waals surface area contributed by atoms with Crippen LogP contribution in [0.4, 0.5) is 0 Å². The van der Waals surface area contributed by atoms with Crippen LogP contribution in [0.25, 0.3) is 0 Å². The van der Waals surface area contributed by atoms with Gasteiger partial charge in [-0.2, -0.15) is 0 Å². The van der Waals surface area contributed by atoms with E-state index >= 15 is 0 Å². The molecular formula is H2MgO6S2. The Bertz CT molecular complexity index is 128. The minimum atomic E-state index is -2.86. The zero-order chi connectivity index (χ0) is 7.15. The second kappa shape index (κ2) is 11.4. The molecule has 0 aromatic heterocycles. The Labute approximate surface area is 71.0 Å². The van der Waals surface area contributed by atoms with E-state index in [0.29, 0.717) is 0 Å². The van der Waals surface area contributed by atoms with Crippen LogP contribution in [0.1, 0.15) is 0 Å². The first-order valence-corrected chi connectivity index (χ1v) is 3.10. The summed E-state index contributed by atoms with van der Waals surface area (Å²) in [5, 5.41) is 0. The maximum Gasteiger partial charge on any atom is 2.00 e. The standard InChI is InChI=1S/Mg.2HO3S/c;2*1-4(2)3/h;2*(H,1,2,3)/q+2;2*-1. The van der Waals surface area contributed by atoms with Crippen molar-refractivity contribution in [3.05, 3.63) is 0 Å². The first-order chi connectivity index (χ1) is 3.46. The van der Waals surface area contributed by atoms with E-state index in [9.17, 15) is 0 Å². The predicted octanol–water partition coefficient (Wildman–Crippen LogP) is -0.843. The number of rotatable bonds is 0. The molecule has 0 spiro atoms. The van der Waals surface area contributed by atoms with E-state index in [1.165, 1.54) is 0 Å². The van der Waals surface area contributed by atoms with Crippen LogP contribution in [0.2, 0.25) is 0 Å². The van der Waals surface area contributed by atoms with Gasteiger partial charge in [-0.25, -0.2) is 0 Å². The Morgan fingerprint density at radius 2 is 0.778 bits per heavy atom. The van der Waals surface area contributed by atoms with Gasteiger partial charge in [-0.1, -0.05) is 0 Å². The first kappa shape index (κ1) is 16.3. The van der Waals surface area contributed by atoms with Crippen LogP contribution >= 0.6 is 0 Å². The van der Waals surface area contributed by atoms with Crippen molar-refractivity contribution < 1.29 is 25.9 Å². The van der Waals surface area contributed by atoms with Gasteiger partial charge in [0.25, 0.3) is 0 Å². The molecule has 0 unspecified atom stereocenters. The minimum absolute atomic E-state index is 0. The van der Waals surface area contributed by atoms with Crippen molar-refractivity contribution in [3.8, 4) is 0 Å². The summed E-state index contributed by atoms with van der Waals surface area (Å²) in [6.45, 7) is 0. The number of hydrogen-bond acceptors (Lipinski definition) is 6. The molecule has 0 rings (SSSR count). The Morgan fingerprint density at radius 1 is 0.778 bits per heavy atom. The fourth-order valence-corrected chi connectivity index (χ4v) is 0. The first-order valence-electron chi connectivity index (χ1n) is 1.03. The molecule has 2 N–H and O–H groups in total. The summed E-state index contributed by atoms with van der Waals surface area (Å²) in [6, 6.07) is 0. The molecule has 0 aromatic rings. The quantitative estimate of drug-likeness (QED) is 0.221. The molecule has 52 valence electrons. The van der Waals surface area contributed by atoms with Gasteiger partial charge >= 0.3 is 23.1 Å². The van der Waals surface area contributed by atoms with Gasteiger partial charge in [-0.3, -0.25) is 0 Å². The third kappa shape index (κ3) is 1080. The fraction of sp³-hybridized carbons (Fsp3) is 0. The number of hydrogen-bond donors (Lipinski definition) is 2. The van der Waals surface area contributed by atoms with E-state index in [4.69, 9.17) is 25.9 Å². The molecule has 9 heavy (non-hydrogen) atoms. The molecule has 6 nitrogen and oxygen atoms in total. The molecule has 0 amide bonds. The zero-order valence-corrected chi connectivity index (χ0v) is 7.10. The molecule has 0 heterocycles. The van der Waals surface area contributed by atoms with Crippen molar-refractivity contribution >= 4 is 45.0 Å². The average Bonchev–Trinajstić information content (AvgIpc) is 1.25. The third-order valence-electron chi connectivity index (χ3n) is 0. The summed E-state index contributed by atoms with van der Waals surface area (Å²) < 4.78 is 48.2. The molecule has 0 aliphatic rings. The molecule has 0 saturated heterocycles. The van der Waals surface area contributed by atoms with Crippen molar-refractivity contribution in [2.75, 3.05) is 0 Å². The Morgan fingerprint density at radius 3 is 0.778 bits per heavy atom. The normalized spacial score (nSPS) is 7.56. The van der Waals surface area contributed by atoms with Gasteiger partial charge in [-0.15, -0.1) is 0 Å². The molecule has 0 fully saturated rings. The SMILES string of the molecule is O=[S-](=O)O.O=[S-](=O)O.[Mg+2]. The Balaban J connectivity index is -0.0000000720. The van der Waals surface area contributed by atoms with Crippen LogP contribution in [0, 0.1) is 0 Å². The Kier molecular flexibility index (Phi) is 20.6. The topological polar surface area (TPSA) is 109 Å². The van der Waals surface area contributed by atoms with E-state index in [1.807, 2.05) is 0 Å². The predicted molar refractivity (Wildman–Crippen MR) is 28.5 cm³/mol. The van der Waals surface area contributed by atoms with Crippen molar-refractivity contribution in [2.45, 2.75) is 0 Å². The maximum atomic E-state index is 8.56. The fourth-order valence-electron chi connectivity index (χ4n) is 0. The van der Waals surface area contributed by atoms with Gasteiger partial charge in [0.1, 0.15) is 0 Å². The van der Waals surface area contributed by atoms with E-state index in [2.05, 4.69) is 0 Å². The second-order valence-corrected chi connectivity index (χ2v) is 1.30. The summed E-state index contributed by atoms with van der Waals surface area (Å²) in [4.78, 5) is 0. The molecule has 0 aliphatic carbocycles.